The highest BCUT2D eigenvalue weighted by atomic mass is 32.1. The van der Waals surface area contributed by atoms with E-state index in [9.17, 15) is 0 Å². The maximum absolute atomic E-state index is 5.27. The quantitative estimate of drug-likeness (QED) is 0.778. The summed E-state index contributed by atoms with van der Waals surface area (Å²) < 4.78 is 5.27. The van der Waals surface area contributed by atoms with Gasteiger partial charge in [0.1, 0.15) is 5.75 Å². The van der Waals surface area contributed by atoms with Crippen molar-refractivity contribution in [2.24, 2.45) is 0 Å². The highest BCUT2D eigenvalue weighted by molar-refractivity contribution is 7.80. The summed E-state index contributed by atoms with van der Waals surface area (Å²) in [6.07, 6.45) is 0. The Morgan fingerprint density at radius 2 is 2.11 bits per heavy atom. The molecule has 0 saturated carbocycles. The predicted octanol–water partition coefficient (Wildman–Crippen LogP) is 1.78. The van der Waals surface area contributed by atoms with Crippen LogP contribution in [0.3, 0.4) is 0 Å². The van der Waals surface area contributed by atoms with Gasteiger partial charge < -0.3 is 20.3 Å². The van der Waals surface area contributed by atoms with E-state index in [1.807, 2.05) is 19.1 Å². The zero-order valence-electron chi connectivity index (χ0n) is 12.1. The molecule has 1 unspecified atom stereocenters. The van der Waals surface area contributed by atoms with Crippen molar-refractivity contribution in [2.45, 2.75) is 13.0 Å². The molecule has 0 bridgehead atoms. The van der Waals surface area contributed by atoms with Crippen LogP contribution >= 0.6 is 12.2 Å². The van der Waals surface area contributed by atoms with Crippen molar-refractivity contribution in [3.8, 4) is 5.75 Å². The van der Waals surface area contributed by atoms with Crippen molar-refractivity contribution in [3.05, 3.63) is 29.8 Å². The van der Waals surface area contributed by atoms with Gasteiger partial charge in [-0.1, -0.05) is 12.1 Å². The van der Waals surface area contributed by atoms with Gasteiger partial charge in [0, 0.05) is 13.1 Å². The molecular weight excluding hydrogens is 258 g/mol. The monoisotopic (exact) mass is 281 g/mol. The normalized spacial score (nSPS) is 12.1. The summed E-state index contributed by atoms with van der Waals surface area (Å²) in [6.45, 7) is 3.61. The largest absolute Gasteiger partial charge is 0.497 e. The van der Waals surface area contributed by atoms with Crippen LogP contribution in [-0.2, 0) is 0 Å². The number of thiocarbonyl (C=S) groups is 1. The van der Waals surface area contributed by atoms with Crippen LogP contribution in [0.5, 0.6) is 5.75 Å². The van der Waals surface area contributed by atoms with Crippen molar-refractivity contribution >= 4 is 17.3 Å². The predicted molar refractivity (Wildman–Crippen MR) is 83.7 cm³/mol. The molecule has 106 valence electrons. The van der Waals surface area contributed by atoms with Crippen molar-refractivity contribution in [1.29, 1.82) is 0 Å². The zero-order chi connectivity index (χ0) is 14.3. The van der Waals surface area contributed by atoms with Gasteiger partial charge in [0.05, 0.1) is 13.2 Å². The lowest BCUT2D eigenvalue weighted by Gasteiger charge is -2.26. The van der Waals surface area contributed by atoms with E-state index in [0.717, 1.165) is 18.8 Å². The van der Waals surface area contributed by atoms with Crippen LogP contribution in [0.4, 0.5) is 0 Å². The molecular formula is C14H23N3OS. The van der Waals surface area contributed by atoms with E-state index in [2.05, 4.69) is 41.8 Å². The minimum Gasteiger partial charge on any atom is -0.497 e. The van der Waals surface area contributed by atoms with E-state index in [1.54, 1.807) is 7.11 Å². The molecule has 1 atom stereocenters. The van der Waals surface area contributed by atoms with Gasteiger partial charge in [-0.25, -0.2) is 0 Å². The van der Waals surface area contributed by atoms with Gasteiger partial charge >= 0.3 is 0 Å². The average molecular weight is 281 g/mol. The fourth-order valence-electron chi connectivity index (χ4n) is 1.86. The molecule has 0 radical (unpaired) electrons. The highest BCUT2D eigenvalue weighted by Crippen LogP contribution is 2.21. The van der Waals surface area contributed by atoms with Crippen LogP contribution < -0.4 is 15.4 Å². The SMILES string of the molecule is CCNC(=S)NCC(c1cccc(OC)c1)N(C)C. The molecule has 0 fully saturated rings. The Balaban J connectivity index is 2.73. The molecule has 0 aliphatic heterocycles. The lowest BCUT2D eigenvalue weighted by Crippen LogP contribution is -2.40. The second-order valence-electron chi connectivity index (χ2n) is 4.50. The molecule has 1 rings (SSSR count). The van der Waals surface area contributed by atoms with Crippen LogP contribution in [0.15, 0.2) is 24.3 Å². The molecule has 2 N–H and O–H groups in total. The van der Waals surface area contributed by atoms with E-state index < -0.39 is 0 Å². The van der Waals surface area contributed by atoms with Crippen LogP contribution in [0.2, 0.25) is 0 Å². The number of nitrogens with zero attached hydrogens (tertiary/aromatic N) is 1. The van der Waals surface area contributed by atoms with Gasteiger partial charge in [-0.2, -0.15) is 0 Å². The maximum atomic E-state index is 5.27. The smallest absolute Gasteiger partial charge is 0.166 e. The molecule has 1 aromatic rings. The van der Waals surface area contributed by atoms with Gasteiger partial charge in [0.15, 0.2) is 5.11 Å². The van der Waals surface area contributed by atoms with Crippen molar-refractivity contribution in [2.75, 3.05) is 34.3 Å². The van der Waals surface area contributed by atoms with Gasteiger partial charge in [0.2, 0.25) is 0 Å². The van der Waals surface area contributed by atoms with Crippen LogP contribution in [0.1, 0.15) is 18.5 Å². The Labute approximate surface area is 121 Å². The molecule has 0 amide bonds. The van der Waals surface area contributed by atoms with Crippen molar-refractivity contribution < 1.29 is 4.74 Å². The molecule has 0 spiro atoms. The van der Waals surface area contributed by atoms with E-state index in [4.69, 9.17) is 17.0 Å². The minimum absolute atomic E-state index is 0.242. The van der Waals surface area contributed by atoms with Crippen molar-refractivity contribution in [1.82, 2.24) is 15.5 Å². The third-order valence-corrected chi connectivity index (χ3v) is 3.18. The molecule has 4 nitrogen and oxygen atoms in total. The highest BCUT2D eigenvalue weighted by Gasteiger charge is 2.14. The van der Waals surface area contributed by atoms with Crippen LogP contribution in [0, 0.1) is 0 Å². The summed E-state index contributed by atoms with van der Waals surface area (Å²) in [7, 11) is 5.80. The first-order valence-electron chi connectivity index (χ1n) is 6.40. The van der Waals surface area contributed by atoms with Crippen molar-refractivity contribution in [3.63, 3.8) is 0 Å². The number of rotatable bonds is 6. The fraction of sp³-hybridized carbons (Fsp3) is 0.500. The summed E-state index contributed by atoms with van der Waals surface area (Å²) in [4.78, 5) is 2.16. The number of methoxy groups -OCH3 is 1. The number of likely N-dealkylation sites (N-methyl/N-ethyl adjacent to an activating group) is 1. The molecule has 1 aromatic carbocycles. The van der Waals surface area contributed by atoms with Gasteiger partial charge in [0.25, 0.3) is 0 Å². The van der Waals surface area contributed by atoms with Gasteiger partial charge in [-0.3, -0.25) is 0 Å². The molecule has 0 heterocycles. The first-order chi connectivity index (χ1) is 9.08. The summed E-state index contributed by atoms with van der Waals surface area (Å²) >= 11 is 5.19. The molecule has 19 heavy (non-hydrogen) atoms. The number of nitrogens with one attached hydrogen (secondary N) is 2. The summed E-state index contributed by atoms with van der Waals surface area (Å²) in [5.41, 5.74) is 1.20. The molecule has 0 aromatic heterocycles. The lowest BCUT2D eigenvalue weighted by atomic mass is 10.1. The Morgan fingerprint density at radius 1 is 1.37 bits per heavy atom. The maximum Gasteiger partial charge on any atom is 0.166 e. The topological polar surface area (TPSA) is 36.5 Å². The van der Waals surface area contributed by atoms with Gasteiger partial charge in [-0.05, 0) is 50.9 Å². The molecule has 0 aliphatic rings. The lowest BCUT2D eigenvalue weighted by molar-refractivity contribution is 0.297. The average Bonchev–Trinajstić information content (AvgIpc) is 2.39. The first kappa shape index (κ1) is 15.7. The summed E-state index contributed by atoms with van der Waals surface area (Å²) in [5, 5.41) is 7.02. The van der Waals surface area contributed by atoms with Crippen LogP contribution in [0.25, 0.3) is 0 Å². The standard InChI is InChI=1S/C14H23N3OS/c1-5-15-14(19)16-10-13(17(2)3)11-7-6-8-12(9-11)18-4/h6-9,13H,5,10H2,1-4H3,(H2,15,16,19). The minimum atomic E-state index is 0.242. The summed E-state index contributed by atoms with van der Waals surface area (Å²) in [6, 6.07) is 8.36. The Bertz CT molecular complexity index is 409. The van der Waals surface area contributed by atoms with E-state index in [1.165, 1.54) is 5.56 Å². The molecule has 0 saturated heterocycles. The number of ether oxygens (including phenoxy) is 1. The molecule has 0 aliphatic carbocycles. The second-order valence-corrected chi connectivity index (χ2v) is 4.90. The Hall–Kier alpha value is -1.33. The third-order valence-electron chi connectivity index (χ3n) is 2.90. The molecule has 5 heteroatoms. The number of benzene rings is 1. The van der Waals surface area contributed by atoms with E-state index in [-0.39, 0.29) is 6.04 Å². The van der Waals surface area contributed by atoms with Crippen LogP contribution in [-0.4, -0.2) is 44.3 Å². The third kappa shape index (κ3) is 5.04. The zero-order valence-corrected chi connectivity index (χ0v) is 12.9. The van der Waals surface area contributed by atoms with Gasteiger partial charge in [-0.15, -0.1) is 0 Å². The Morgan fingerprint density at radius 3 is 2.68 bits per heavy atom. The van der Waals surface area contributed by atoms with E-state index >= 15 is 0 Å². The first-order valence-corrected chi connectivity index (χ1v) is 6.81. The van der Waals surface area contributed by atoms with E-state index in [0.29, 0.717) is 5.11 Å². The number of hydrogen-bond acceptors (Lipinski definition) is 3. The Kier molecular flexibility index (Phi) is 6.59. The fourth-order valence-corrected chi connectivity index (χ4v) is 2.09. The summed E-state index contributed by atoms with van der Waals surface area (Å²) in [5.74, 6) is 0.874. The second kappa shape index (κ2) is 7.96. The number of hydrogen-bond donors (Lipinski definition) is 2.